The quantitative estimate of drug-likeness (QED) is 0.406. The molecule has 5 nitrogen and oxygen atoms in total. The molecule has 102 valence electrons. The molecule has 3 aliphatic rings. The van der Waals surface area contributed by atoms with Crippen molar-refractivity contribution in [2.75, 3.05) is 0 Å². The number of fused-ring (bicyclic) bond motifs is 5. The molecule has 0 aromatic heterocycles. The molecule has 0 N–H and O–H groups in total. The minimum atomic E-state index is -5.72. The van der Waals surface area contributed by atoms with E-state index in [2.05, 4.69) is 4.40 Å². The van der Waals surface area contributed by atoms with Crippen molar-refractivity contribution in [1.29, 1.82) is 0 Å². The maximum absolute atomic E-state index is 12.1. The van der Waals surface area contributed by atoms with E-state index in [0.29, 0.717) is 12.8 Å². The molecule has 3 fully saturated rings. The van der Waals surface area contributed by atoms with Gasteiger partial charge < -0.3 is 9.84 Å². The standard InChI is InChI=1S/C9H10F3NO4S/c10-9(11,12)18(15,16)13-8(14)5-2-3-1-4(5)7-6(3)17-7/h3-7H,1-2H2,(H,13,14)/p-1. The van der Waals surface area contributed by atoms with Crippen molar-refractivity contribution >= 4 is 15.9 Å². The van der Waals surface area contributed by atoms with Gasteiger partial charge in [-0.05, 0) is 36.5 Å². The Bertz CT molecular complexity index is 514. The van der Waals surface area contributed by atoms with E-state index in [9.17, 15) is 26.7 Å². The Morgan fingerprint density at radius 1 is 1.28 bits per heavy atom. The summed E-state index contributed by atoms with van der Waals surface area (Å²) < 4.78 is 65.5. The molecule has 1 heterocycles. The number of alkyl halides is 3. The number of hydrogen-bond acceptors (Lipinski definition) is 4. The van der Waals surface area contributed by atoms with E-state index in [0.717, 1.165) is 0 Å². The summed E-state index contributed by atoms with van der Waals surface area (Å²) in [6, 6.07) is 0. The van der Waals surface area contributed by atoms with Gasteiger partial charge in [-0.3, -0.25) is 0 Å². The second kappa shape index (κ2) is 3.38. The zero-order valence-electron chi connectivity index (χ0n) is 8.92. The van der Waals surface area contributed by atoms with Crippen molar-refractivity contribution in [3.8, 4) is 0 Å². The topological polar surface area (TPSA) is 82.1 Å². The van der Waals surface area contributed by atoms with Gasteiger partial charge in [-0.15, -0.1) is 0 Å². The molecule has 1 saturated heterocycles. The van der Waals surface area contributed by atoms with Gasteiger partial charge >= 0.3 is 15.5 Å². The maximum atomic E-state index is 12.1. The number of ether oxygens (including phenoxy) is 1. The Labute approximate surface area is 101 Å². The van der Waals surface area contributed by atoms with Crippen molar-refractivity contribution in [1.82, 2.24) is 0 Å². The molecular weight excluding hydrogens is 275 g/mol. The minimum absolute atomic E-state index is 0.0820. The predicted octanol–water partition coefficient (Wildman–Crippen LogP) is 0.0182. The van der Waals surface area contributed by atoms with Crippen LogP contribution in [0.25, 0.3) is 0 Å². The van der Waals surface area contributed by atoms with Gasteiger partial charge in [0.05, 0.1) is 12.2 Å². The summed E-state index contributed by atoms with van der Waals surface area (Å²) in [5.74, 6) is -1.93. The first-order valence-electron chi connectivity index (χ1n) is 5.44. The SMILES string of the molecule is O=S(=O)(/N=C(\[O-])C1CC2CC1C1OC21)C(F)(F)F. The Morgan fingerprint density at radius 3 is 2.44 bits per heavy atom. The van der Waals surface area contributed by atoms with Gasteiger partial charge in [-0.25, -0.2) is 0 Å². The number of nitrogens with zero attached hydrogens (tertiary/aromatic N) is 1. The van der Waals surface area contributed by atoms with E-state index in [1.807, 2.05) is 0 Å². The third-order valence-electron chi connectivity index (χ3n) is 3.92. The van der Waals surface area contributed by atoms with Gasteiger partial charge in [0, 0.05) is 0 Å². The zero-order chi connectivity index (χ0) is 13.3. The van der Waals surface area contributed by atoms with Gasteiger partial charge in [-0.1, -0.05) is 0 Å². The summed E-state index contributed by atoms with van der Waals surface area (Å²) in [6.45, 7) is 0. The van der Waals surface area contributed by atoms with Gasteiger partial charge in [0.25, 0.3) is 0 Å². The molecule has 3 rings (SSSR count). The first-order chi connectivity index (χ1) is 8.21. The lowest BCUT2D eigenvalue weighted by atomic mass is 9.89. The van der Waals surface area contributed by atoms with Crippen LogP contribution in [-0.2, 0) is 14.8 Å². The number of sulfonamides is 1. The molecule has 2 aliphatic carbocycles. The fourth-order valence-corrected chi connectivity index (χ4v) is 3.60. The molecule has 0 aromatic carbocycles. The van der Waals surface area contributed by atoms with Gasteiger partial charge in [0.1, 0.15) is 0 Å². The molecule has 2 saturated carbocycles. The summed E-state index contributed by atoms with van der Waals surface area (Å²) in [6.07, 6.45) is 1.13. The molecule has 5 atom stereocenters. The van der Waals surface area contributed by atoms with Gasteiger partial charge in [0.15, 0.2) is 0 Å². The minimum Gasteiger partial charge on any atom is -0.861 e. The molecule has 0 radical (unpaired) electrons. The van der Waals surface area contributed by atoms with Crippen LogP contribution in [0.3, 0.4) is 0 Å². The van der Waals surface area contributed by atoms with Crippen LogP contribution >= 0.6 is 0 Å². The summed E-state index contributed by atoms with van der Waals surface area (Å²) in [7, 11) is -5.72. The molecule has 0 amide bonds. The van der Waals surface area contributed by atoms with E-state index >= 15 is 0 Å². The third kappa shape index (κ3) is 1.63. The zero-order valence-corrected chi connectivity index (χ0v) is 9.74. The van der Waals surface area contributed by atoms with Crippen molar-refractivity contribution in [2.24, 2.45) is 22.2 Å². The van der Waals surface area contributed by atoms with E-state index in [-0.39, 0.29) is 24.0 Å². The van der Waals surface area contributed by atoms with E-state index in [1.54, 1.807) is 0 Å². The van der Waals surface area contributed by atoms with Crippen molar-refractivity contribution in [2.45, 2.75) is 30.6 Å². The van der Waals surface area contributed by atoms with Crippen LogP contribution < -0.4 is 5.11 Å². The summed E-state index contributed by atoms with van der Waals surface area (Å²) in [5.41, 5.74) is -5.51. The smallest absolute Gasteiger partial charge is 0.518 e. The van der Waals surface area contributed by atoms with E-state index in [1.165, 1.54) is 0 Å². The molecular formula is C9H9F3NO4S-. The second-order valence-electron chi connectivity index (χ2n) is 4.92. The lowest BCUT2D eigenvalue weighted by molar-refractivity contribution is -0.225. The van der Waals surface area contributed by atoms with Crippen molar-refractivity contribution in [3.05, 3.63) is 0 Å². The van der Waals surface area contributed by atoms with Gasteiger partial charge in [0.2, 0.25) is 0 Å². The second-order valence-corrected chi connectivity index (χ2v) is 6.51. The number of hydrogen-bond donors (Lipinski definition) is 0. The Hall–Kier alpha value is -0.830. The normalized spacial score (nSPS) is 43.1. The Balaban J connectivity index is 1.82. The lowest BCUT2D eigenvalue weighted by Crippen LogP contribution is -2.36. The fraction of sp³-hybridized carbons (Fsp3) is 0.889. The molecule has 18 heavy (non-hydrogen) atoms. The average molecular weight is 284 g/mol. The number of halogens is 3. The summed E-state index contributed by atoms with van der Waals surface area (Å²) >= 11 is 0. The lowest BCUT2D eigenvalue weighted by Gasteiger charge is -2.24. The largest absolute Gasteiger partial charge is 0.861 e. The number of rotatable bonds is 2. The monoisotopic (exact) mass is 284 g/mol. The molecule has 9 heteroatoms. The van der Waals surface area contributed by atoms with Gasteiger partial charge in [-0.2, -0.15) is 26.0 Å². The van der Waals surface area contributed by atoms with Crippen LogP contribution in [0, 0.1) is 17.8 Å². The highest BCUT2D eigenvalue weighted by atomic mass is 32.2. The van der Waals surface area contributed by atoms with Crippen molar-refractivity contribution in [3.63, 3.8) is 0 Å². The highest BCUT2D eigenvalue weighted by molar-refractivity contribution is 7.91. The predicted molar refractivity (Wildman–Crippen MR) is 50.8 cm³/mol. The fourth-order valence-electron chi connectivity index (χ4n) is 3.12. The molecule has 0 spiro atoms. The number of epoxide rings is 1. The summed E-state index contributed by atoms with van der Waals surface area (Å²) in [4.78, 5) is 0. The van der Waals surface area contributed by atoms with Crippen LogP contribution in [-0.4, -0.2) is 32.0 Å². The molecule has 0 aromatic rings. The first kappa shape index (κ1) is 12.2. The van der Waals surface area contributed by atoms with Crippen LogP contribution in [0.15, 0.2) is 4.40 Å². The Kier molecular flexibility index (Phi) is 2.30. The average Bonchev–Trinajstić information content (AvgIpc) is 2.81. The molecule has 2 bridgehead atoms. The van der Waals surface area contributed by atoms with Crippen LogP contribution in [0.1, 0.15) is 12.8 Å². The van der Waals surface area contributed by atoms with E-state index in [4.69, 9.17) is 4.74 Å². The van der Waals surface area contributed by atoms with Crippen LogP contribution in [0.2, 0.25) is 0 Å². The highest BCUT2D eigenvalue weighted by Crippen LogP contribution is 2.58. The van der Waals surface area contributed by atoms with Crippen molar-refractivity contribution < 1.29 is 31.4 Å². The summed E-state index contributed by atoms with van der Waals surface area (Å²) in [5, 5.41) is 11.6. The Morgan fingerprint density at radius 2 is 1.94 bits per heavy atom. The maximum Gasteiger partial charge on any atom is 0.518 e. The third-order valence-corrected chi connectivity index (χ3v) is 4.92. The molecule has 1 aliphatic heterocycles. The first-order valence-corrected chi connectivity index (χ1v) is 6.88. The molecule has 5 unspecified atom stereocenters. The van der Waals surface area contributed by atoms with E-state index < -0.39 is 27.3 Å². The van der Waals surface area contributed by atoms with Crippen LogP contribution in [0.4, 0.5) is 13.2 Å². The highest BCUT2D eigenvalue weighted by Gasteiger charge is 2.63. The van der Waals surface area contributed by atoms with Crippen LogP contribution in [0.5, 0.6) is 0 Å².